The number of carbonyl (C=O) groups is 1. The first-order valence-corrected chi connectivity index (χ1v) is 7.12. The van der Waals surface area contributed by atoms with Crippen LogP contribution in [-0.4, -0.2) is 5.91 Å². The molecule has 1 aromatic carbocycles. The lowest BCUT2D eigenvalue weighted by atomic mass is 10.2. The number of halogens is 2. The number of rotatable bonds is 2. The second-order valence-corrected chi connectivity index (χ2v) is 6.27. The average Bonchev–Trinajstić information content (AvgIpc) is 2.67. The molecule has 3 nitrogen and oxygen atoms in total. The van der Waals surface area contributed by atoms with E-state index in [1.54, 1.807) is 19.1 Å². The highest BCUT2D eigenvalue weighted by molar-refractivity contribution is 9.10. The summed E-state index contributed by atoms with van der Waals surface area (Å²) in [6.45, 7) is 3.59. The highest BCUT2D eigenvalue weighted by atomic mass is 79.9. The number of amides is 1. The minimum atomic E-state index is -0.355. The molecular formula is C13H12BrFN2OS. The molecule has 0 atom stereocenters. The summed E-state index contributed by atoms with van der Waals surface area (Å²) in [6.07, 6.45) is 0. The molecule has 0 fully saturated rings. The third-order valence-corrected chi connectivity index (χ3v) is 4.37. The first-order valence-electron chi connectivity index (χ1n) is 5.51. The van der Waals surface area contributed by atoms with Crippen molar-refractivity contribution in [1.82, 2.24) is 0 Å². The second-order valence-electron chi connectivity index (χ2n) is 4.16. The Morgan fingerprint density at radius 3 is 2.63 bits per heavy atom. The van der Waals surface area contributed by atoms with Gasteiger partial charge in [0, 0.05) is 16.3 Å². The molecule has 1 heterocycles. The van der Waals surface area contributed by atoms with Gasteiger partial charge in [0.2, 0.25) is 0 Å². The van der Waals surface area contributed by atoms with E-state index < -0.39 is 0 Å². The Bertz CT molecular complexity index is 635. The standard InChI is InChI=1S/C13H12BrFN2OS/c1-6-3-9(15)8(14)4-11(6)17-13(18)12-5-10(16)7(2)19-12/h3-5H,16H2,1-2H3,(H,17,18). The molecule has 0 aliphatic heterocycles. The van der Waals surface area contributed by atoms with Gasteiger partial charge >= 0.3 is 0 Å². The van der Waals surface area contributed by atoms with Crippen LogP contribution in [0.3, 0.4) is 0 Å². The number of aryl methyl sites for hydroxylation is 2. The zero-order valence-corrected chi connectivity index (χ0v) is 12.8. The summed E-state index contributed by atoms with van der Waals surface area (Å²) in [4.78, 5) is 13.5. The minimum Gasteiger partial charge on any atom is -0.398 e. The van der Waals surface area contributed by atoms with E-state index >= 15 is 0 Å². The van der Waals surface area contributed by atoms with E-state index in [4.69, 9.17) is 5.73 Å². The number of nitrogen functional groups attached to an aromatic ring is 1. The summed E-state index contributed by atoms with van der Waals surface area (Å²) in [5.41, 5.74) is 7.56. The summed E-state index contributed by atoms with van der Waals surface area (Å²) in [5, 5.41) is 2.75. The summed E-state index contributed by atoms with van der Waals surface area (Å²) in [6, 6.07) is 4.56. The van der Waals surface area contributed by atoms with Crippen LogP contribution in [0.15, 0.2) is 22.7 Å². The van der Waals surface area contributed by atoms with Gasteiger partial charge in [-0.15, -0.1) is 11.3 Å². The lowest BCUT2D eigenvalue weighted by Gasteiger charge is -2.08. The van der Waals surface area contributed by atoms with Crippen molar-refractivity contribution in [3.8, 4) is 0 Å². The third kappa shape index (κ3) is 2.96. The van der Waals surface area contributed by atoms with Gasteiger partial charge in [0.25, 0.3) is 5.91 Å². The van der Waals surface area contributed by atoms with E-state index in [-0.39, 0.29) is 11.7 Å². The van der Waals surface area contributed by atoms with Crippen molar-refractivity contribution in [2.24, 2.45) is 0 Å². The largest absolute Gasteiger partial charge is 0.398 e. The summed E-state index contributed by atoms with van der Waals surface area (Å²) in [7, 11) is 0. The highest BCUT2D eigenvalue weighted by Gasteiger charge is 2.13. The summed E-state index contributed by atoms with van der Waals surface area (Å²) >= 11 is 4.43. The predicted octanol–water partition coefficient (Wildman–Crippen LogP) is 4.10. The van der Waals surface area contributed by atoms with Crippen LogP contribution >= 0.6 is 27.3 Å². The maximum atomic E-state index is 13.3. The van der Waals surface area contributed by atoms with Gasteiger partial charge in [-0.2, -0.15) is 0 Å². The lowest BCUT2D eigenvalue weighted by molar-refractivity contribution is 0.103. The summed E-state index contributed by atoms with van der Waals surface area (Å²) < 4.78 is 13.6. The molecule has 1 amide bonds. The first kappa shape index (κ1) is 14.0. The van der Waals surface area contributed by atoms with E-state index in [9.17, 15) is 9.18 Å². The Hall–Kier alpha value is -1.40. The number of nitrogens with one attached hydrogen (secondary N) is 1. The van der Waals surface area contributed by atoms with Crippen LogP contribution in [-0.2, 0) is 0 Å². The van der Waals surface area contributed by atoms with Gasteiger partial charge in [-0.25, -0.2) is 4.39 Å². The molecule has 0 radical (unpaired) electrons. The van der Waals surface area contributed by atoms with Crippen LogP contribution in [0.4, 0.5) is 15.8 Å². The molecule has 0 aliphatic carbocycles. The molecular weight excluding hydrogens is 331 g/mol. The third-order valence-electron chi connectivity index (χ3n) is 2.70. The van der Waals surface area contributed by atoms with Crippen LogP contribution in [0.25, 0.3) is 0 Å². The fourth-order valence-corrected chi connectivity index (χ4v) is 2.75. The van der Waals surface area contributed by atoms with E-state index in [2.05, 4.69) is 21.2 Å². The molecule has 100 valence electrons. The van der Waals surface area contributed by atoms with Gasteiger partial charge in [-0.1, -0.05) is 0 Å². The number of benzene rings is 1. The van der Waals surface area contributed by atoms with Crippen LogP contribution in [0.2, 0.25) is 0 Å². The van der Waals surface area contributed by atoms with Crippen molar-refractivity contribution >= 4 is 44.5 Å². The van der Waals surface area contributed by atoms with Crippen LogP contribution in [0, 0.1) is 19.7 Å². The minimum absolute atomic E-state index is 0.244. The number of thiophene rings is 1. The van der Waals surface area contributed by atoms with Crippen LogP contribution in [0.5, 0.6) is 0 Å². The summed E-state index contributed by atoms with van der Waals surface area (Å²) in [5.74, 6) is -0.599. The zero-order valence-electron chi connectivity index (χ0n) is 10.4. The number of hydrogen-bond acceptors (Lipinski definition) is 3. The van der Waals surface area contributed by atoms with Crippen LogP contribution in [0.1, 0.15) is 20.1 Å². The Balaban J connectivity index is 2.26. The molecule has 0 saturated heterocycles. The average molecular weight is 343 g/mol. The van der Waals surface area contributed by atoms with Crippen molar-refractivity contribution in [2.75, 3.05) is 11.1 Å². The van der Waals surface area contributed by atoms with E-state index in [1.807, 2.05) is 6.92 Å². The highest BCUT2D eigenvalue weighted by Crippen LogP contribution is 2.27. The molecule has 19 heavy (non-hydrogen) atoms. The Labute approximate surface area is 122 Å². The van der Waals surface area contributed by atoms with E-state index in [0.717, 1.165) is 4.88 Å². The first-order chi connectivity index (χ1) is 8.88. The van der Waals surface area contributed by atoms with Crippen molar-refractivity contribution in [1.29, 1.82) is 0 Å². The Kier molecular flexibility index (Phi) is 3.91. The monoisotopic (exact) mass is 342 g/mol. The quantitative estimate of drug-likeness (QED) is 0.863. The predicted molar refractivity (Wildman–Crippen MR) is 80.3 cm³/mol. The molecule has 0 unspecified atom stereocenters. The zero-order chi connectivity index (χ0) is 14.2. The van der Waals surface area contributed by atoms with Crippen molar-refractivity contribution < 1.29 is 9.18 Å². The van der Waals surface area contributed by atoms with Gasteiger partial charge in [-0.3, -0.25) is 4.79 Å². The number of nitrogens with two attached hydrogens (primary N) is 1. The molecule has 0 saturated carbocycles. The van der Waals surface area contributed by atoms with Gasteiger partial charge in [0.1, 0.15) is 5.82 Å². The van der Waals surface area contributed by atoms with Crippen LogP contribution < -0.4 is 11.1 Å². The van der Waals surface area contributed by atoms with Gasteiger partial charge in [0.05, 0.1) is 9.35 Å². The second kappa shape index (κ2) is 5.30. The molecule has 6 heteroatoms. The number of hydrogen-bond donors (Lipinski definition) is 2. The van der Waals surface area contributed by atoms with Gasteiger partial charge in [-0.05, 0) is 53.5 Å². The van der Waals surface area contributed by atoms with Gasteiger partial charge in [0.15, 0.2) is 0 Å². The Morgan fingerprint density at radius 1 is 1.37 bits per heavy atom. The smallest absolute Gasteiger partial charge is 0.265 e. The number of anilines is 2. The fourth-order valence-electron chi connectivity index (χ4n) is 1.57. The lowest BCUT2D eigenvalue weighted by Crippen LogP contribution is -2.11. The molecule has 2 rings (SSSR count). The molecule has 2 aromatic rings. The Morgan fingerprint density at radius 2 is 2.05 bits per heavy atom. The number of carbonyl (C=O) groups excluding carboxylic acids is 1. The van der Waals surface area contributed by atoms with E-state index in [1.165, 1.54) is 17.4 Å². The van der Waals surface area contributed by atoms with Crippen molar-refractivity contribution in [2.45, 2.75) is 13.8 Å². The van der Waals surface area contributed by atoms with E-state index in [0.29, 0.717) is 26.3 Å². The molecule has 0 bridgehead atoms. The molecule has 1 aromatic heterocycles. The van der Waals surface area contributed by atoms with Gasteiger partial charge < -0.3 is 11.1 Å². The normalized spacial score (nSPS) is 10.5. The molecule has 0 spiro atoms. The maximum Gasteiger partial charge on any atom is 0.265 e. The fraction of sp³-hybridized carbons (Fsp3) is 0.154. The molecule has 0 aliphatic rings. The van der Waals surface area contributed by atoms with Crippen molar-refractivity contribution in [3.05, 3.63) is 43.8 Å². The molecule has 3 N–H and O–H groups in total. The maximum absolute atomic E-state index is 13.3. The van der Waals surface area contributed by atoms with Crippen molar-refractivity contribution in [3.63, 3.8) is 0 Å². The SMILES string of the molecule is Cc1cc(F)c(Br)cc1NC(=O)c1cc(N)c(C)s1. The topological polar surface area (TPSA) is 55.1 Å².